The molecule has 1 atom stereocenters. The number of hydrogen-bond acceptors (Lipinski definition) is 3. The molecule has 2 aliphatic heterocycles. The van der Waals surface area contributed by atoms with Gasteiger partial charge in [0.15, 0.2) is 0 Å². The van der Waals surface area contributed by atoms with Crippen LogP contribution in [0.5, 0.6) is 0 Å². The topological polar surface area (TPSA) is 49.8 Å². The number of rotatable bonds is 3. The molecule has 0 unspecified atom stereocenters. The SMILES string of the molecule is O=C([C@@H]1CCCO1)N1CCC(CCO)CC1. The van der Waals surface area contributed by atoms with Crippen molar-refractivity contribution in [2.75, 3.05) is 26.3 Å². The van der Waals surface area contributed by atoms with Crippen LogP contribution in [0.1, 0.15) is 32.1 Å². The van der Waals surface area contributed by atoms with Gasteiger partial charge in [-0.3, -0.25) is 4.79 Å². The second kappa shape index (κ2) is 5.64. The number of aliphatic hydroxyl groups excluding tert-OH is 1. The summed E-state index contributed by atoms with van der Waals surface area (Å²) < 4.78 is 5.41. The largest absolute Gasteiger partial charge is 0.396 e. The highest BCUT2D eigenvalue weighted by Gasteiger charge is 2.30. The summed E-state index contributed by atoms with van der Waals surface area (Å²) in [6.07, 6.45) is 4.65. The minimum Gasteiger partial charge on any atom is -0.396 e. The van der Waals surface area contributed by atoms with Gasteiger partial charge >= 0.3 is 0 Å². The van der Waals surface area contributed by atoms with Crippen LogP contribution in [0, 0.1) is 5.92 Å². The lowest BCUT2D eigenvalue weighted by Crippen LogP contribution is -2.43. The van der Waals surface area contributed by atoms with E-state index >= 15 is 0 Å². The molecular formula is C12H21NO3. The Balaban J connectivity index is 1.77. The molecule has 0 saturated carbocycles. The molecule has 2 rings (SSSR count). The Morgan fingerprint density at radius 1 is 1.31 bits per heavy atom. The van der Waals surface area contributed by atoms with Crippen molar-refractivity contribution >= 4 is 5.91 Å². The predicted octanol–water partition coefficient (Wildman–Crippen LogP) is 0.786. The van der Waals surface area contributed by atoms with Crippen LogP contribution in [0.4, 0.5) is 0 Å². The minimum atomic E-state index is -0.172. The Labute approximate surface area is 96.6 Å². The quantitative estimate of drug-likeness (QED) is 0.775. The van der Waals surface area contributed by atoms with Gasteiger partial charge in [0.05, 0.1) is 0 Å². The smallest absolute Gasteiger partial charge is 0.251 e. The van der Waals surface area contributed by atoms with E-state index in [0.717, 1.165) is 51.8 Å². The fourth-order valence-electron chi connectivity index (χ4n) is 2.60. The highest BCUT2D eigenvalue weighted by Crippen LogP contribution is 2.22. The Kier molecular flexibility index (Phi) is 4.18. The molecule has 0 spiro atoms. The molecule has 0 aliphatic carbocycles. The molecule has 0 aromatic heterocycles. The number of carbonyl (C=O) groups excluding carboxylic acids is 1. The van der Waals surface area contributed by atoms with Crippen molar-refractivity contribution in [1.29, 1.82) is 0 Å². The van der Waals surface area contributed by atoms with E-state index in [-0.39, 0.29) is 18.6 Å². The highest BCUT2D eigenvalue weighted by molar-refractivity contribution is 5.81. The van der Waals surface area contributed by atoms with Crippen LogP contribution in [-0.4, -0.2) is 48.3 Å². The molecule has 0 aromatic rings. The summed E-state index contributed by atoms with van der Waals surface area (Å²) in [4.78, 5) is 14.0. The average Bonchev–Trinajstić information content (AvgIpc) is 2.83. The third-order valence-electron chi connectivity index (χ3n) is 3.67. The zero-order valence-corrected chi connectivity index (χ0v) is 9.73. The summed E-state index contributed by atoms with van der Waals surface area (Å²) in [5.41, 5.74) is 0. The van der Waals surface area contributed by atoms with Crippen LogP contribution in [0.3, 0.4) is 0 Å². The third kappa shape index (κ3) is 2.74. The van der Waals surface area contributed by atoms with Crippen LogP contribution < -0.4 is 0 Å². The van der Waals surface area contributed by atoms with Crippen molar-refractivity contribution in [2.45, 2.75) is 38.2 Å². The van der Waals surface area contributed by atoms with Crippen molar-refractivity contribution in [2.24, 2.45) is 5.92 Å². The summed E-state index contributed by atoms with van der Waals surface area (Å²) in [7, 11) is 0. The molecule has 16 heavy (non-hydrogen) atoms. The van der Waals surface area contributed by atoms with Gasteiger partial charge in [0.2, 0.25) is 0 Å². The van der Waals surface area contributed by atoms with Gasteiger partial charge in [-0.25, -0.2) is 0 Å². The molecule has 0 radical (unpaired) electrons. The first-order valence-electron chi connectivity index (χ1n) is 6.32. The molecule has 0 bridgehead atoms. The second-order valence-electron chi connectivity index (χ2n) is 4.78. The van der Waals surface area contributed by atoms with Gasteiger partial charge in [-0.05, 0) is 38.0 Å². The molecule has 4 heteroatoms. The number of carbonyl (C=O) groups is 1. The monoisotopic (exact) mass is 227 g/mol. The fraction of sp³-hybridized carbons (Fsp3) is 0.917. The van der Waals surface area contributed by atoms with E-state index in [2.05, 4.69) is 0 Å². The average molecular weight is 227 g/mol. The molecule has 1 amide bonds. The molecular weight excluding hydrogens is 206 g/mol. The Bertz CT molecular complexity index is 230. The molecule has 92 valence electrons. The van der Waals surface area contributed by atoms with Crippen LogP contribution in [0.2, 0.25) is 0 Å². The first kappa shape index (κ1) is 11.9. The lowest BCUT2D eigenvalue weighted by atomic mass is 9.93. The van der Waals surface area contributed by atoms with Crippen molar-refractivity contribution in [3.63, 3.8) is 0 Å². The number of ether oxygens (including phenoxy) is 1. The second-order valence-corrected chi connectivity index (χ2v) is 4.78. The van der Waals surface area contributed by atoms with E-state index in [9.17, 15) is 4.79 Å². The van der Waals surface area contributed by atoms with E-state index < -0.39 is 0 Å². The Morgan fingerprint density at radius 2 is 2.06 bits per heavy atom. The number of likely N-dealkylation sites (tertiary alicyclic amines) is 1. The van der Waals surface area contributed by atoms with Crippen LogP contribution in [-0.2, 0) is 9.53 Å². The summed E-state index contributed by atoms with van der Waals surface area (Å²) in [6.45, 7) is 2.68. The van der Waals surface area contributed by atoms with E-state index in [1.165, 1.54) is 0 Å². The number of hydrogen-bond donors (Lipinski definition) is 1. The zero-order chi connectivity index (χ0) is 11.4. The van der Waals surface area contributed by atoms with Gasteiger partial charge in [0.1, 0.15) is 6.10 Å². The summed E-state index contributed by atoms with van der Waals surface area (Å²) >= 11 is 0. The first-order chi connectivity index (χ1) is 7.81. The van der Waals surface area contributed by atoms with Crippen molar-refractivity contribution in [3.8, 4) is 0 Å². The lowest BCUT2D eigenvalue weighted by molar-refractivity contribution is -0.142. The standard InChI is InChI=1S/C12H21NO3/c14-8-5-10-3-6-13(7-4-10)12(15)11-2-1-9-16-11/h10-11,14H,1-9H2/t11-/m0/s1. The third-order valence-corrected chi connectivity index (χ3v) is 3.67. The minimum absolute atomic E-state index is 0.172. The first-order valence-corrected chi connectivity index (χ1v) is 6.32. The number of nitrogens with zero attached hydrogens (tertiary/aromatic N) is 1. The summed E-state index contributed by atoms with van der Waals surface area (Å²) in [5.74, 6) is 0.776. The molecule has 0 aromatic carbocycles. The zero-order valence-electron chi connectivity index (χ0n) is 9.73. The Morgan fingerprint density at radius 3 is 2.62 bits per heavy atom. The summed E-state index contributed by atoms with van der Waals surface area (Å²) in [6, 6.07) is 0. The van der Waals surface area contributed by atoms with Crippen molar-refractivity contribution < 1.29 is 14.6 Å². The Hall–Kier alpha value is -0.610. The molecule has 4 nitrogen and oxygen atoms in total. The van der Waals surface area contributed by atoms with E-state index in [1.54, 1.807) is 0 Å². The van der Waals surface area contributed by atoms with Crippen LogP contribution >= 0.6 is 0 Å². The number of aliphatic hydroxyl groups is 1. The van der Waals surface area contributed by atoms with Gasteiger partial charge < -0.3 is 14.7 Å². The fourth-order valence-corrected chi connectivity index (χ4v) is 2.60. The van der Waals surface area contributed by atoms with Gasteiger partial charge in [-0.2, -0.15) is 0 Å². The highest BCUT2D eigenvalue weighted by atomic mass is 16.5. The molecule has 1 N–H and O–H groups in total. The number of piperidine rings is 1. The maximum atomic E-state index is 12.0. The number of amides is 1. The normalized spacial score (nSPS) is 27.3. The molecule has 2 saturated heterocycles. The molecule has 2 heterocycles. The van der Waals surface area contributed by atoms with Gasteiger partial charge in [-0.1, -0.05) is 0 Å². The lowest BCUT2D eigenvalue weighted by Gasteiger charge is -2.33. The van der Waals surface area contributed by atoms with E-state index in [4.69, 9.17) is 9.84 Å². The van der Waals surface area contributed by atoms with Gasteiger partial charge in [-0.15, -0.1) is 0 Å². The van der Waals surface area contributed by atoms with E-state index in [1.807, 2.05) is 4.90 Å². The molecule has 2 fully saturated rings. The van der Waals surface area contributed by atoms with Gasteiger partial charge in [0, 0.05) is 26.3 Å². The predicted molar refractivity (Wildman–Crippen MR) is 60.0 cm³/mol. The van der Waals surface area contributed by atoms with Gasteiger partial charge in [0.25, 0.3) is 5.91 Å². The van der Waals surface area contributed by atoms with Crippen molar-refractivity contribution in [1.82, 2.24) is 4.90 Å². The van der Waals surface area contributed by atoms with E-state index in [0.29, 0.717) is 5.92 Å². The van der Waals surface area contributed by atoms with Crippen molar-refractivity contribution in [3.05, 3.63) is 0 Å². The maximum Gasteiger partial charge on any atom is 0.251 e. The van der Waals surface area contributed by atoms with Crippen LogP contribution in [0.25, 0.3) is 0 Å². The maximum absolute atomic E-state index is 12.0. The summed E-state index contributed by atoms with van der Waals surface area (Å²) in [5, 5.41) is 8.87. The molecule has 2 aliphatic rings. The van der Waals surface area contributed by atoms with Crippen LogP contribution in [0.15, 0.2) is 0 Å².